The predicted molar refractivity (Wildman–Crippen MR) is 99.4 cm³/mol. The van der Waals surface area contributed by atoms with Crippen molar-refractivity contribution in [3.05, 3.63) is 59.7 Å². The van der Waals surface area contributed by atoms with Gasteiger partial charge in [0.15, 0.2) is 6.61 Å². The average molecular weight is 409 g/mol. The topological polar surface area (TPSA) is 89.0 Å². The molecule has 0 radical (unpaired) electrons. The Kier molecular flexibility index (Phi) is 7.58. The van der Waals surface area contributed by atoms with Gasteiger partial charge in [0.1, 0.15) is 12.0 Å². The molecule has 7 nitrogen and oxygen atoms in total. The molecule has 154 valence electrons. The van der Waals surface area contributed by atoms with Crippen LogP contribution in [0.15, 0.2) is 53.7 Å². The van der Waals surface area contributed by atoms with Crippen LogP contribution in [-0.4, -0.2) is 31.7 Å². The summed E-state index contributed by atoms with van der Waals surface area (Å²) in [6, 6.07) is 11.3. The highest BCUT2D eigenvalue weighted by atomic mass is 19.4. The maximum absolute atomic E-state index is 12.6. The fraction of sp³-hybridized carbons (Fsp3) is 0.211. The Morgan fingerprint density at radius 2 is 1.90 bits per heavy atom. The molecule has 0 spiro atoms. The highest BCUT2D eigenvalue weighted by molar-refractivity contribution is 6.31. The third-order valence-corrected chi connectivity index (χ3v) is 3.57. The number of oxime groups is 1. The number of hydrogen-bond acceptors (Lipinski definition) is 5. The fourth-order valence-electron chi connectivity index (χ4n) is 2.22. The lowest BCUT2D eigenvalue weighted by Crippen LogP contribution is -2.26. The maximum atomic E-state index is 12.6. The molecule has 2 aromatic rings. The Hall–Kier alpha value is -3.56. The van der Waals surface area contributed by atoms with E-state index in [4.69, 9.17) is 9.57 Å². The first kappa shape index (κ1) is 21.7. The Balaban J connectivity index is 1.75. The number of halogens is 3. The van der Waals surface area contributed by atoms with Crippen LogP contribution in [0.25, 0.3) is 0 Å². The first-order valence-electron chi connectivity index (χ1n) is 8.32. The summed E-state index contributed by atoms with van der Waals surface area (Å²) in [7, 11) is 1.52. The van der Waals surface area contributed by atoms with Gasteiger partial charge in [-0.25, -0.2) is 0 Å². The molecule has 0 fully saturated rings. The normalized spacial score (nSPS) is 11.2. The minimum absolute atomic E-state index is 0.0502. The van der Waals surface area contributed by atoms with Gasteiger partial charge in [0.25, 0.3) is 11.8 Å². The van der Waals surface area contributed by atoms with Crippen LogP contribution in [0.3, 0.4) is 0 Å². The van der Waals surface area contributed by atoms with Gasteiger partial charge in [-0.15, -0.1) is 0 Å². The van der Waals surface area contributed by atoms with Crippen molar-refractivity contribution < 1.29 is 32.3 Å². The van der Waals surface area contributed by atoms with E-state index in [9.17, 15) is 22.8 Å². The monoisotopic (exact) mass is 409 g/mol. The Labute approximate surface area is 164 Å². The van der Waals surface area contributed by atoms with Gasteiger partial charge in [-0.05, 0) is 24.3 Å². The van der Waals surface area contributed by atoms with Crippen LogP contribution >= 0.6 is 0 Å². The zero-order valence-corrected chi connectivity index (χ0v) is 15.3. The summed E-state index contributed by atoms with van der Waals surface area (Å²) in [4.78, 5) is 28.1. The lowest BCUT2D eigenvalue weighted by Gasteiger charge is -2.09. The van der Waals surface area contributed by atoms with E-state index in [1.54, 1.807) is 24.3 Å². The van der Waals surface area contributed by atoms with Gasteiger partial charge in [-0.3, -0.25) is 9.59 Å². The predicted octanol–water partition coefficient (Wildman–Crippen LogP) is 2.97. The molecule has 2 aromatic carbocycles. The van der Waals surface area contributed by atoms with E-state index in [0.29, 0.717) is 12.0 Å². The van der Waals surface area contributed by atoms with Gasteiger partial charge in [0, 0.05) is 17.8 Å². The first-order valence-corrected chi connectivity index (χ1v) is 8.32. The highest BCUT2D eigenvalue weighted by Gasteiger charge is 2.30. The zero-order chi connectivity index (χ0) is 21.3. The lowest BCUT2D eigenvalue weighted by atomic mass is 10.2. The van der Waals surface area contributed by atoms with E-state index >= 15 is 0 Å². The molecule has 0 aliphatic heterocycles. The van der Waals surface area contributed by atoms with Crippen molar-refractivity contribution in [3.63, 3.8) is 0 Å². The molecule has 0 aliphatic rings. The molecular formula is C19H18F3N3O4. The van der Waals surface area contributed by atoms with Gasteiger partial charge in [-0.2, -0.15) is 13.2 Å². The summed E-state index contributed by atoms with van der Waals surface area (Å²) in [5.74, 6) is -0.664. The average Bonchev–Trinajstić information content (AvgIpc) is 2.69. The number of amides is 2. The van der Waals surface area contributed by atoms with Gasteiger partial charge in [0.2, 0.25) is 0 Å². The van der Waals surface area contributed by atoms with E-state index in [1.807, 2.05) is 0 Å². The van der Waals surface area contributed by atoms with Crippen LogP contribution < -0.4 is 15.4 Å². The van der Waals surface area contributed by atoms with Crippen LogP contribution in [0, 0.1) is 0 Å². The number of carbonyl (C=O) groups is 2. The second kappa shape index (κ2) is 10.1. The quantitative estimate of drug-likeness (QED) is 0.518. The van der Waals surface area contributed by atoms with Crippen molar-refractivity contribution in [2.45, 2.75) is 12.7 Å². The number of anilines is 1. The minimum Gasteiger partial charge on any atom is -0.496 e. The Morgan fingerprint density at radius 3 is 2.62 bits per heavy atom. The number of alkyl halides is 3. The van der Waals surface area contributed by atoms with E-state index in [0.717, 1.165) is 23.8 Å². The van der Waals surface area contributed by atoms with Crippen LogP contribution in [0.2, 0.25) is 0 Å². The number of para-hydroxylation sites is 1. The molecule has 2 amide bonds. The van der Waals surface area contributed by atoms with Crippen LogP contribution in [-0.2, 0) is 27.1 Å². The number of ether oxygens (including phenoxy) is 1. The molecule has 0 unspecified atom stereocenters. The molecule has 0 saturated heterocycles. The molecule has 2 rings (SSSR count). The fourth-order valence-corrected chi connectivity index (χ4v) is 2.22. The number of benzene rings is 2. The molecular weight excluding hydrogens is 391 g/mol. The van der Waals surface area contributed by atoms with Crippen LogP contribution in [0.1, 0.15) is 11.1 Å². The molecule has 0 saturated carbocycles. The largest absolute Gasteiger partial charge is 0.496 e. The summed E-state index contributed by atoms with van der Waals surface area (Å²) in [6.45, 7) is -0.228. The van der Waals surface area contributed by atoms with Crippen molar-refractivity contribution in [1.82, 2.24) is 5.32 Å². The van der Waals surface area contributed by atoms with Crippen molar-refractivity contribution in [1.29, 1.82) is 0 Å². The summed E-state index contributed by atoms with van der Waals surface area (Å²) in [5, 5.41) is 8.14. The standard InChI is InChI=1S/C19H18F3N3O4/c1-28-16-8-3-2-5-13(16)10-23-18(27)12-29-24-11-17(26)25-15-7-4-6-14(9-15)19(20,21)22/h2-9,11H,10,12H2,1H3,(H,23,27)(H,25,26)/b24-11+. The van der Waals surface area contributed by atoms with E-state index in [2.05, 4.69) is 15.8 Å². The van der Waals surface area contributed by atoms with Crippen molar-refractivity contribution >= 4 is 23.7 Å². The summed E-state index contributed by atoms with van der Waals surface area (Å²) >= 11 is 0. The first-order chi connectivity index (χ1) is 13.8. The molecule has 2 N–H and O–H groups in total. The van der Waals surface area contributed by atoms with E-state index in [1.165, 1.54) is 13.2 Å². The summed E-state index contributed by atoms with van der Waals surface area (Å²) in [5.41, 5.74) is -0.173. The second-order valence-corrected chi connectivity index (χ2v) is 5.66. The van der Waals surface area contributed by atoms with Gasteiger partial charge < -0.3 is 20.2 Å². The van der Waals surface area contributed by atoms with Crippen molar-refractivity contribution in [3.8, 4) is 5.75 Å². The number of hydrogen-bond donors (Lipinski definition) is 2. The number of rotatable bonds is 8. The maximum Gasteiger partial charge on any atom is 0.416 e. The number of nitrogens with one attached hydrogen (secondary N) is 2. The third kappa shape index (κ3) is 7.17. The smallest absolute Gasteiger partial charge is 0.416 e. The summed E-state index contributed by atoms with van der Waals surface area (Å²) in [6.07, 6.45) is -3.80. The molecule has 10 heteroatoms. The Bertz CT molecular complexity index is 885. The van der Waals surface area contributed by atoms with Crippen LogP contribution in [0.5, 0.6) is 5.75 Å². The Morgan fingerprint density at radius 1 is 1.14 bits per heavy atom. The van der Waals surface area contributed by atoms with Gasteiger partial charge >= 0.3 is 6.18 Å². The minimum atomic E-state index is -4.52. The van der Waals surface area contributed by atoms with E-state index in [-0.39, 0.29) is 12.2 Å². The molecule has 29 heavy (non-hydrogen) atoms. The van der Waals surface area contributed by atoms with Crippen LogP contribution in [0.4, 0.5) is 18.9 Å². The highest BCUT2D eigenvalue weighted by Crippen LogP contribution is 2.30. The summed E-state index contributed by atoms with van der Waals surface area (Å²) < 4.78 is 43.1. The number of nitrogens with zero attached hydrogens (tertiary/aromatic N) is 1. The third-order valence-electron chi connectivity index (χ3n) is 3.57. The van der Waals surface area contributed by atoms with E-state index < -0.39 is 30.2 Å². The SMILES string of the molecule is COc1ccccc1CNC(=O)CO/N=C/C(=O)Nc1cccc(C(F)(F)F)c1. The second-order valence-electron chi connectivity index (χ2n) is 5.66. The molecule has 0 aromatic heterocycles. The number of methoxy groups -OCH3 is 1. The van der Waals surface area contributed by atoms with Gasteiger partial charge in [-0.1, -0.05) is 29.4 Å². The zero-order valence-electron chi connectivity index (χ0n) is 15.3. The van der Waals surface area contributed by atoms with Gasteiger partial charge in [0.05, 0.1) is 12.7 Å². The molecule has 0 heterocycles. The lowest BCUT2D eigenvalue weighted by molar-refractivity contribution is -0.137. The molecule has 0 atom stereocenters. The molecule has 0 bridgehead atoms. The van der Waals surface area contributed by atoms with Crippen molar-refractivity contribution in [2.24, 2.45) is 5.16 Å². The van der Waals surface area contributed by atoms with Crippen molar-refractivity contribution in [2.75, 3.05) is 19.0 Å². The number of carbonyl (C=O) groups excluding carboxylic acids is 2. The molecule has 0 aliphatic carbocycles.